The van der Waals surface area contributed by atoms with E-state index in [9.17, 15) is 13.2 Å². The lowest BCUT2D eigenvalue weighted by molar-refractivity contribution is 0.414. The van der Waals surface area contributed by atoms with Crippen molar-refractivity contribution in [3.63, 3.8) is 0 Å². The fourth-order valence-corrected chi connectivity index (χ4v) is 1.98. The van der Waals surface area contributed by atoms with Crippen molar-refractivity contribution in [2.24, 2.45) is 5.73 Å². The molecular weight excluding hydrogens is 281 g/mol. The number of benzene rings is 2. The van der Waals surface area contributed by atoms with Gasteiger partial charge in [-0.1, -0.05) is 6.07 Å². The third-order valence-corrected chi connectivity index (χ3v) is 3.08. The smallest absolute Gasteiger partial charge is 0.146 e. The molecule has 21 heavy (non-hydrogen) atoms. The van der Waals surface area contributed by atoms with Gasteiger partial charge >= 0.3 is 0 Å². The molecule has 0 radical (unpaired) electrons. The second-order valence-electron chi connectivity index (χ2n) is 4.44. The van der Waals surface area contributed by atoms with E-state index in [1.807, 2.05) is 0 Å². The molecule has 2 aromatic carbocycles. The van der Waals surface area contributed by atoms with Gasteiger partial charge in [-0.3, -0.25) is 0 Å². The highest BCUT2D eigenvalue weighted by molar-refractivity contribution is 5.51. The first-order valence-electron chi connectivity index (χ1n) is 6.30. The van der Waals surface area contributed by atoms with Gasteiger partial charge in [0.25, 0.3) is 0 Å². The van der Waals surface area contributed by atoms with Crippen LogP contribution in [0.5, 0.6) is 5.75 Å². The van der Waals surface area contributed by atoms with Crippen LogP contribution in [-0.2, 0) is 0 Å². The van der Waals surface area contributed by atoms with E-state index in [-0.39, 0.29) is 17.8 Å². The van der Waals surface area contributed by atoms with Gasteiger partial charge in [0, 0.05) is 24.2 Å². The summed E-state index contributed by atoms with van der Waals surface area (Å²) in [5.41, 5.74) is 5.90. The van der Waals surface area contributed by atoms with Gasteiger partial charge in [-0.15, -0.1) is 0 Å². The van der Waals surface area contributed by atoms with E-state index < -0.39 is 23.5 Å². The summed E-state index contributed by atoms with van der Waals surface area (Å²) in [6.45, 7) is 0.0131. The van der Waals surface area contributed by atoms with Gasteiger partial charge < -0.3 is 15.8 Å². The molecule has 0 saturated carbocycles. The van der Waals surface area contributed by atoms with Crippen LogP contribution in [0.15, 0.2) is 36.4 Å². The molecule has 0 bridgehead atoms. The Morgan fingerprint density at radius 3 is 2.48 bits per heavy atom. The van der Waals surface area contributed by atoms with Crippen LogP contribution in [0, 0.1) is 17.5 Å². The third kappa shape index (κ3) is 3.46. The summed E-state index contributed by atoms with van der Waals surface area (Å²) >= 11 is 0. The molecule has 0 amide bonds. The zero-order chi connectivity index (χ0) is 15.4. The van der Waals surface area contributed by atoms with Crippen LogP contribution in [-0.4, -0.2) is 13.7 Å². The SMILES string of the molecule is COc1ccc(F)c(NC(CN)c2ccc(F)cc2F)c1. The van der Waals surface area contributed by atoms with E-state index in [1.165, 1.54) is 31.4 Å². The van der Waals surface area contributed by atoms with Crippen molar-refractivity contribution in [1.82, 2.24) is 0 Å². The van der Waals surface area contributed by atoms with Crippen molar-refractivity contribution in [2.45, 2.75) is 6.04 Å². The highest BCUT2D eigenvalue weighted by Crippen LogP contribution is 2.26. The fraction of sp³-hybridized carbons (Fsp3) is 0.200. The molecule has 3 nitrogen and oxygen atoms in total. The Morgan fingerprint density at radius 2 is 1.86 bits per heavy atom. The van der Waals surface area contributed by atoms with Gasteiger partial charge in [0.15, 0.2) is 0 Å². The highest BCUT2D eigenvalue weighted by atomic mass is 19.1. The third-order valence-electron chi connectivity index (χ3n) is 3.08. The first kappa shape index (κ1) is 15.2. The van der Waals surface area contributed by atoms with Gasteiger partial charge in [0.1, 0.15) is 23.2 Å². The Bertz CT molecular complexity index is 634. The van der Waals surface area contributed by atoms with E-state index in [2.05, 4.69) is 5.32 Å². The van der Waals surface area contributed by atoms with E-state index in [4.69, 9.17) is 10.5 Å². The molecule has 2 rings (SSSR count). The van der Waals surface area contributed by atoms with Crippen LogP contribution in [0.3, 0.4) is 0 Å². The Balaban J connectivity index is 2.30. The van der Waals surface area contributed by atoms with Crippen LogP contribution >= 0.6 is 0 Å². The Kier molecular flexibility index (Phi) is 4.70. The second-order valence-corrected chi connectivity index (χ2v) is 4.44. The maximum absolute atomic E-state index is 13.8. The molecule has 0 heterocycles. The summed E-state index contributed by atoms with van der Waals surface area (Å²) in [4.78, 5) is 0. The zero-order valence-electron chi connectivity index (χ0n) is 11.4. The molecule has 3 N–H and O–H groups in total. The van der Waals surface area contributed by atoms with E-state index >= 15 is 0 Å². The van der Waals surface area contributed by atoms with Gasteiger partial charge in [-0.05, 0) is 18.2 Å². The lowest BCUT2D eigenvalue weighted by Crippen LogP contribution is -2.22. The first-order valence-corrected chi connectivity index (χ1v) is 6.30. The number of hydrogen-bond acceptors (Lipinski definition) is 3. The maximum Gasteiger partial charge on any atom is 0.146 e. The number of ether oxygens (including phenoxy) is 1. The zero-order valence-corrected chi connectivity index (χ0v) is 11.4. The van der Waals surface area contributed by atoms with Crippen molar-refractivity contribution in [3.05, 3.63) is 59.4 Å². The molecule has 0 spiro atoms. The normalized spacial score (nSPS) is 12.0. The molecule has 0 aliphatic carbocycles. The molecule has 1 atom stereocenters. The van der Waals surface area contributed by atoms with Crippen molar-refractivity contribution < 1.29 is 17.9 Å². The van der Waals surface area contributed by atoms with Gasteiger partial charge in [0.05, 0.1) is 18.8 Å². The minimum absolute atomic E-state index is 0.0131. The van der Waals surface area contributed by atoms with E-state index in [0.29, 0.717) is 5.75 Å². The monoisotopic (exact) mass is 296 g/mol. The summed E-state index contributed by atoms with van der Waals surface area (Å²) in [7, 11) is 1.46. The minimum Gasteiger partial charge on any atom is -0.497 e. The van der Waals surface area contributed by atoms with Crippen LogP contribution in [0.4, 0.5) is 18.9 Å². The molecule has 6 heteroatoms. The second kappa shape index (κ2) is 6.49. The van der Waals surface area contributed by atoms with E-state index in [0.717, 1.165) is 12.1 Å². The summed E-state index contributed by atoms with van der Waals surface area (Å²) in [6, 6.07) is 6.64. The largest absolute Gasteiger partial charge is 0.497 e. The molecular formula is C15H15F3N2O. The summed E-state index contributed by atoms with van der Waals surface area (Å²) < 4.78 is 45.5. The Hall–Kier alpha value is -2.21. The minimum atomic E-state index is -0.735. The molecule has 0 aliphatic rings. The molecule has 1 unspecified atom stereocenters. The number of nitrogens with one attached hydrogen (secondary N) is 1. The average Bonchev–Trinajstić information content (AvgIpc) is 2.47. The number of methoxy groups -OCH3 is 1. The van der Waals surface area contributed by atoms with Crippen molar-refractivity contribution >= 4 is 5.69 Å². The molecule has 2 aromatic rings. The average molecular weight is 296 g/mol. The Labute approximate surface area is 120 Å². The topological polar surface area (TPSA) is 47.3 Å². The predicted molar refractivity (Wildman–Crippen MR) is 74.7 cm³/mol. The first-order chi connectivity index (χ1) is 10.0. The number of hydrogen-bond donors (Lipinski definition) is 2. The van der Waals surface area contributed by atoms with Gasteiger partial charge in [-0.2, -0.15) is 0 Å². The quantitative estimate of drug-likeness (QED) is 0.890. The lowest BCUT2D eigenvalue weighted by atomic mass is 10.1. The number of anilines is 1. The van der Waals surface area contributed by atoms with Gasteiger partial charge in [-0.25, -0.2) is 13.2 Å². The number of rotatable bonds is 5. The summed E-state index contributed by atoms with van der Waals surface area (Å²) in [6.07, 6.45) is 0. The van der Waals surface area contributed by atoms with Crippen LogP contribution in [0.2, 0.25) is 0 Å². The standard InChI is InChI=1S/C15H15F3N2O/c1-21-10-3-5-12(17)14(7-10)20-15(8-19)11-4-2-9(16)6-13(11)18/h2-7,15,20H,8,19H2,1H3. The van der Waals surface area contributed by atoms with Crippen LogP contribution < -0.4 is 15.8 Å². The molecule has 112 valence electrons. The van der Waals surface area contributed by atoms with Crippen molar-refractivity contribution in [1.29, 1.82) is 0 Å². The van der Waals surface area contributed by atoms with Crippen molar-refractivity contribution in [2.75, 3.05) is 19.0 Å². The van der Waals surface area contributed by atoms with Crippen molar-refractivity contribution in [3.8, 4) is 5.75 Å². The number of halogens is 3. The molecule has 0 fully saturated rings. The number of nitrogens with two attached hydrogens (primary N) is 1. The molecule has 0 aliphatic heterocycles. The van der Waals surface area contributed by atoms with Crippen LogP contribution in [0.25, 0.3) is 0 Å². The van der Waals surface area contributed by atoms with Gasteiger partial charge in [0.2, 0.25) is 0 Å². The molecule has 0 aromatic heterocycles. The van der Waals surface area contributed by atoms with E-state index in [1.54, 1.807) is 0 Å². The maximum atomic E-state index is 13.8. The summed E-state index contributed by atoms with van der Waals surface area (Å²) in [5.74, 6) is -1.48. The summed E-state index contributed by atoms with van der Waals surface area (Å²) in [5, 5.41) is 2.81. The highest BCUT2D eigenvalue weighted by Gasteiger charge is 2.16. The van der Waals surface area contributed by atoms with Crippen LogP contribution in [0.1, 0.15) is 11.6 Å². The fourth-order valence-electron chi connectivity index (χ4n) is 1.98. The lowest BCUT2D eigenvalue weighted by Gasteiger charge is -2.20. The Morgan fingerprint density at radius 1 is 1.10 bits per heavy atom. The molecule has 0 saturated heterocycles. The predicted octanol–water partition coefficient (Wildman–Crippen LogP) is 3.22.